The average molecular weight is 313 g/mol. The van der Waals surface area contributed by atoms with E-state index >= 15 is 0 Å². The zero-order chi connectivity index (χ0) is 16.2. The molecule has 0 spiro atoms. The molecule has 0 amide bonds. The van der Waals surface area contributed by atoms with Gasteiger partial charge in [0.2, 0.25) is 5.88 Å². The molecule has 1 fully saturated rings. The van der Waals surface area contributed by atoms with Crippen molar-refractivity contribution in [2.45, 2.75) is 0 Å². The number of piperazine rings is 1. The van der Waals surface area contributed by atoms with Gasteiger partial charge < -0.3 is 14.5 Å². The Hall–Kier alpha value is -2.88. The molecule has 7 heteroatoms. The molecular weight excluding hydrogens is 297 g/mol. The molecule has 2 heterocycles. The number of benzene rings is 1. The van der Waals surface area contributed by atoms with E-state index in [2.05, 4.69) is 14.9 Å². The Bertz CT molecular complexity index is 737. The van der Waals surface area contributed by atoms with Crippen molar-refractivity contribution in [2.24, 2.45) is 0 Å². The van der Waals surface area contributed by atoms with Crippen LogP contribution >= 0.6 is 0 Å². The maximum atomic E-state index is 13.7. The number of anilines is 2. The fourth-order valence-electron chi connectivity index (χ4n) is 2.65. The van der Waals surface area contributed by atoms with Crippen LogP contribution in [0.25, 0.3) is 0 Å². The molecule has 0 bridgehead atoms. The fourth-order valence-corrected chi connectivity index (χ4v) is 2.65. The molecule has 1 saturated heterocycles. The second kappa shape index (κ2) is 6.48. The molecule has 23 heavy (non-hydrogen) atoms. The first-order chi connectivity index (χ1) is 11.2. The number of aromatic nitrogens is 2. The molecule has 0 N–H and O–H groups in total. The predicted molar refractivity (Wildman–Crippen MR) is 84.1 cm³/mol. The van der Waals surface area contributed by atoms with Crippen LogP contribution in [0.1, 0.15) is 5.56 Å². The molecule has 6 nitrogen and oxygen atoms in total. The van der Waals surface area contributed by atoms with E-state index in [4.69, 9.17) is 10.00 Å². The molecule has 0 saturated carbocycles. The second-order valence-electron chi connectivity index (χ2n) is 5.14. The molecular formula is C16H16FN5O. The van der Waals surface area contributed by atoms with Crippen LogP contribution in [0.4, 0.5) is 15.9 Å². The largest absolute Gasteiger partial charge is 0.480 e. The van der Waals surface area contributed by atoms with Gasteiger partial charge in [0.15, 0.2) is 5.82 Å². The lowest BCUT2D eigenvalue weighted by Gasteiger charge is -2.36. The van der Waals surface area contributed by atoms with Gasteiger partial charge in [-0.1, -0.05) is 6.07 Å². The van der Waals surface area contributed by atoms with Crippen molar-refractivity contribution in [3.63, 3.8) is 0 Å². The Balaban J connectivity index is 1.74. The summed E-state index contributed by atoms with van der Waals surface area (Å²) >= 11 is 0. The van der Waals surface area contributed by atoms with Crippen LogP contribution in [0.15, 0.2) is 30.6 Å². The lowest BCUT2D eigenvalue weighted by atomic mass is 10.1. The van der Waals surface area contributed by atoms with Crippen LogP contribution in [0, 0.1) is 17.1 Å². The Kier molecular flexibility index (Phi) is 4.24. The maximum Gasteiger partial charge on any atom is 0.233 e. The highest BCUT2D eigenvalue weighted by Gasteiger charge is 2.21. The Morgan fingerprint density at radius 1 is 1.17 bits per heavy atom. The number of nitrogens with zero attached hydrogens (tertiary/aromatic N) is 5. The molecule has 3 rings (SSSR count). The van der Waals surface area contributed by atoms with E-state index < -0.39 is 5.82 Å². The first-order valence-electron chi connectivity index (χ1n) is 7.27. The molecule has 2 aromatic rings. The Morgan fingerprint density at radius 3 is 2.61 bits per heavy atom. The fraction of sp³-hybridized carbons (Fsp3) is 0.312. The van der Waals surface area contributed by atoms with Gasteiger partial charge in [0.1, 0.15) is 17.4 Å². The first-order valence-corrected chi connectivity index (χ1v) is 7.27. The second-order valence-corrected chi connectivity index (χ2v) is 5.14. The Morgan fingerprint density at radius 2 is 1.91 bits per heavy atom. The standard InChI is InChI=1S/C16H16FN5O/c1-23-16-11-19-10-15(20-16)22-7-5-21(6-8-22)14-4-2-3-13(17)12(14)9-18/h2-4,10-11H,5-8H2,1H3. The normalized spacial score (nSPS) is 14.5. The minimum Gasteiger partial charge on any atom is -0.480 e. The van der Waals surface area contributed by atoms with Gasteiger partial charge in [0.25, 0.3) is 0 Å². The highest BCUT2D eigenvalue weighted by molar-refractivity contribution is 5.60. The number of methoxy groups -OCH3 is 1. The van der Waals surface area contributed by atoms with Crippen molar-refractivity contribution in [1.29, 1.82) is 5.26 Å². The molecule has 1 aliphatic heterocycles. The highest BCUT2D eigenvalue weighted by atomic mass is 19.1. The molecule has 0 atom stereocenters. The summed E-state index contributed by atoms with van der Waals surface area (Å²) in [5, 5.41) is 9.16. The summed E-state index contributed by atoms with van der Waals surface area (Å²) < 4.78 is 18.8. The Labute approximate surface area is 133 Å². The van der Waals surface area contributed by atoms with Crippen LogP contribution in [0.3, 0.4) is 0 Å². The zero-order valence-electron chi connectivity index (χ0n) is 12.7. The van der Waals surface area contributed by atoms with Crippen LogP contribution in [-0.2, 0) is 0 Å². The third-order valence-corrected chi connectivity index (χ3v) is 3.86. The molecule has 1 aliphatic rings. The topological polar surface area (TPSA) is 65.3 Å². The van der Waals surface area contributed by atoms with Crippen molar-refractivity contribution in [3.05, 3.63) is 42.0 Å². The van der Waals surface area contributed by atoms with Gasteiger partial charge in [-0.3, -0.25) is 4.98 Å². The predicted octanol–water partition coefficient (Wildman–Crippen LogP) is 1.82. The number of nitriles is 1. The zero-order valence-corrected chi connectivity index (χ0v) is 12.7. The summed E-state index contributed by atoms with van der Waals surface area (Å²) in [6.45, 7) is 2.78. The summed E-state index contributed by atoms with van der Waals surface area (Å²) in [7, 11) is 1.55. The van der Waals surface area contributed by atoms with Crippen LogP contribution in [0.5, 0.6) is 5.88 Å². The lowest BCUT2D eigenvalue weighted by Crippen LogP contribution is -2.47. The van der Waals surface area contributed by atoms with E-state index in [1.807, 2.05) is 11.0 Å². The number of ether oxygens (including phenoxy) is 1. The van der Waals surface area contributed by atoms with Gasteiger partial charge in [-0.25, -0.2) is 4.39 Å². The number of halogens is 1. The maximum absolute atomic E-state index is 13.7. The average Bonchev–Trinajstić information content (AvgIpc) is 2.61. The summed E-state index contributed by atoms with van der Waals surface area (Å²) in [5.41, 5.74) is 0.742. The molecule has 0 aliphatic carbocycles. The lowest BCUT2D eigenvalue weighted by molar-refractivity contribution is 0.395. The smallest absolute Gasteiger partial charge is 0.233 e. The van der Waals surface area contributed by atoms with Crippen LogP contribution in [-0.4, -0.2) is 43.3 Å². The van der Waals surface area contributed by atoms with E-state index in [1.54, 1.807) is 31.6 Å². The van der Waals surface area contributed by atoms with E-state index in [9.17, 15) is 4.39 Å². The molecule has 1 aromatic heterocycles. The van der Waals surface area contributed by atoms with Crippen molar-refractivity contribution in [2.75, 3.05) is 43.1 Å². The SMILES string of the molecule is COc1cncc(N2CCN(c3cccc(F)c3C#N)CC2)n1. The van der Waals surface area contributed by atoms with E-state index in [0.717, 1.165) is 5.82 Å². The van der Waals surface area contributed by atoms with Crippen molar-refractivity contribution >= 4 is 11.5 Å². The minimum atomic E-state index is -0.480. The van der Waals surface area contributed by atoms with Gasteiger partial charge in [0, 0.05) is 26.2 Å². The number of hydrogen-bond donors (Lipinski definition) is 0. The van der Waals surface area contributed by atoms with E-state index in [-0.39, 0.29) is 5.56 Å². The first kappa shape index (κ1) is 15.0. The van der Waals surface area contributed by atoms with Crippen LogP contribution in [0.2, 0.25) is 0 Å². The van der Waals surface area contributed by atoms with E-state index in [0.29, 0.717) is 37.7 Å². The van der Waals surface area contributed by atoms with Crippen LogP contribution < -0.4 is 14.5 Å². The minimum absolute atomic E-state index is 0.0992. The quantitative estimate of drug-likeness (QED) is 0.861. The van der Waals surface area contributed by atoms with Gasteiger partial charge in [-0.15, -0.1) is 0 Å². The summed E-state index contributed by atoms with van der Waals surface area (Å²) in [6.07, 6.45) is 3.26. The summed E-state index contributed by atoms with van der Waals surface area (Å²) in [4.78, 5) is 12.6. The van der Waals surface area contributed by atoms with Gasteiger partial charge >= 0.3 is 0 Å². The van der Waals surface area contributed by atoms with Crippen molar-refractivity contribution in [1.82, 2.24) is 9.97 Å². The molecule has 0 radical (unpaired) electrons. The van der Waals surface area contributed by atoms with Crippen molar-refractivity contribution in [3.8, 4) is 11.9 Å². The molecule has 0 unspecified atom stereocenters. The van der Waals surface area contributed by atoms with Gasteiger partial charge in [-0.05, 0) is 12.1 Å². The molecule has 118 valence electrons. The third kappa shape index (κ3) is 3.01. The highest BCUT2D eigenvalue weighted by Crippen LogP contribution is 2.25. The summed E-state index contributed by atoms with van der Waals surface area (Å²) in [6, 6.07) is 6.67. The number of rotatable bonds is 3. The monoisotopic (exact) mass is 313 g/mol. The summed E-state index contributed by atoms with van der Waals surface area (Å²) in [5.74, 6) is 0.747. The third-order valence-electron chi connectivity index (χ3n) is 3.86. The van der Waals surface area contributed by atoms with Crippen molar-refractivity contribution < 1.29 is 9.13 Å². The van der Waals surface area contributed by atoms with Gasteiger partial charge in [0.05, 0.1) is 25.2 Å². The van der Waals surface area contributed by atoms with E-state index in [1.165, 1.54) is 6.07 Å². The van der Waals surface area contributed by atoms with Gasteiger partial charge in [-0.2, -0.15) is 10.2 Å². The number of hydrogen-bond acceptors (Lipinski definition) is 6. The molecule has 1 aromatic carbocycles.